The fourth-order valence-electron chi connectivity index (χ4n) is 4.29. The molecule has 37 heavy (non-hydrogen) atoms. The first-order chi connectivity index (χ1) is 18.1. The first-order valence-corrected chi connectivity index (χ1v) is 12.0. The number of anilines is 2. The summed E-state index contributed by atoms with van der Waals surface area (Å²) in [5, 5.41) is 11.2. The molecule has 0 aliphatic heterocycles. The largest absolute Gasteiger partial charge is 0.322 e. The van der Waals surface area contributed by atoms with Gasteiger partial charge in [-0.3, -0.25) is 14.6 Å². The molecule has 2 N–H and O–H groups in total. The number of amides is 2. The molecule has 4 aromatic heterocycles. The lowest BCUT2D eigenvalue weighted by atomic mass is 10.1. The number of carbonyl (C=O) groups is 2. The van der Waals surface area contributed by atoms with Crippen LogP contribution in [-0.4, -0.2) is 36.5 Å². The summed E-state index contributed by atoms with van der Waals surface area (Å²) >= 11 is 0. The molecule has 4 heterocycles. The van der Waals surface area contributed by atoms with Crippen LogP contribution in [0.4, 0.5) is 11.4 Å². The smallest absolute Gasteiger partial charge is 0.256 e. The normalized spacial score (nSPS) is 12.9. The maximum Gasteiger partial charge on any atom is 0.256 e. The summed E-state index contributed by atoms with van der Waals surface area (Å²) < 4.78 is 1.70. The molecule has 0 bridgehead atoms. The summed E-state index contributed by atoms with van der Waals surface area (Å²) in [6.45, 7) is 1.87. The van der Waals surface area contributed by atoms with Crippen LogP contribution < -0.4 is 10.6 Å². The Balaban J connectivity index is 1.33. The summed E-state index contributed by atoms with van der Waals surface area (Å²) in [5.74, 6) is 0.462. The molecule has 1 aromatic carbocycles. The molecule has 0 radical (unpaired) electrons. The molecule has 5 aromatic rings. The second-order valence-electron chi connectivity index (χ2n) is 8.98. The Morgan fingerprint density at radius 3 is 2.35 bits per heavy atom. The minimum absolute atomic E-state index is 0.256. The van der Waals surface area contributed by atoms with E-state index in [4.69, 9.17) is 4.98 Å². The van der Waals surface area contributed by atoms with Crippen molar-refractivity contribution in [2.75, 3.05) is 10.6 Å². The minimum atomic E-state index is -0.268. The highest BCUT2D eigenvalue weighted by atomic mass is 16.2. The van der Waals surface area contributed by atoms with Crippen molar-refractivity contribution in [2.45, 2.75) is 25.7 Å². The molecule has 1 fully saturated rings. The van der Waals surface area contributed by atoms with Gasteiger partial charge in [0.05, 0.1) is 16.6 Å². The number of nitrogens with zero attached hydrogens (tertiary/aromatic N) is 5. The Labute approximate surface area is 212 Å². The molecule has 9 heteroatoms. The first-order valence-electron chi connectivity index (χ1n) is 12.0. The van der Waals surface area contributed by atoms with Gasteiger partial charge in [0.25, 0.3) is 11.8 Å². The van der Waals surface area contributed by atoms with Crippen molar-refractivity contribution in [1.82, 2.24) is 24.7 Å². The number of pyridine rings is 3. The SMILES string of the molecule is Cc1nn(-c2ccccn2)c2nc(C3CC3)cc(C(=O)Nc3cccc(NC(=O)c4ccncc4)c3)c12. The van der Waals surface area contributed by atoms with Gasteiger partial charge < -0.3 is 10.6 Å². The van der Waals surface area contributed by atoms with Gasteiger partial charge >= 0.3 is 0 Å². The fourth-order valence-corrected chi connectivity index (χ4v) is 4.29. The molecule has 2 amide bonds. The topological polar surface area (TPSA) is 115 Å². The van der Waals surface area contributed by atoms with E-state index in [0.29, 0.717) is 51.0 Å². The Morgan fingerprint density at radius 1 is 0.892 bits per heavy atom. The molecule has 0 unspecified atom stereocenters. The van der Waals surface area contributed by atoms with Crippen molar-refractivity contribution in [2.24, 2.45) is 0 Å². The average molecular weight is 490 g/mol. The maximum atomic E-state index is 13.6. The second-order valence-corrected chi connectivity index (χ2v) is 8.98. The van der Waals surface area contributed by atoms with Crippen LogP contribution in [0, 0.1) is 6.92 Å². The van der Waals surface area contributed by atoms with Crippen molar-refractivity contribution in [3.05, 3.63) is 102 Å². The summed E-state index contributed by atoms with van der Waals surface area (Å²) in [4.78, 5) is 39.4. The van der Waals surface area contributed by atoms with Crippen molar-refractivity contribution in [3.8, 4) is 5.82 Å². The van der Waals surface area contributed by atoms with Crippen LogP contribution >= 0.6 is 0 Å². The number of aromatic nitrogens is 5. The lowest BCUT2D eigenvalue weighted by Gasteiger charge is -2.11. The Bertz CT molecular complexity index is 1630. The van der Waals surface area contributed by atoms with E-state index >= 15 is 0 Å². The molecule has 182 valence electrons. The average Bonchev–Trinajstić information content (AvgIpc) is 3.73. The van der Waals surface area contributed by atoms with E-state index < -0.39 is 0 Å². The van der Waals surface area contributed by atoms with Crippen LogP contribution in [0.1, 0.15) is 50.9 Å². The van der Waals surface area contributed by atoms with Crippen molar-refractivity contribution in [3.63, 3.8) is 0 Å². The number of rotatable bonds is 6. The first kappa shape index (κ1) is 22.5. The highest BCUT2D eigenvalue weighted by Gasteiger charge is 2.29. The number of nitrogens with one attached hydrogen (secondary N) is 2. The Hall–Kier alpha value is -4.92. The number of carbonyl (C=O) groups excluding carboxylic acids is 2. The van der Waals surface area contributed by atoms with E-state index in [1.165, 1.54) is 0 Å². The number of benzene rings is 1. The monoisotopic (exact) mass is 489 g/mol. The fraction of sp³-hybridized carbons (Fsp3) is 0.143. The summed E-state index contributed by atoms with van der Waals surface area (Å²) in [7, 11) is 0. The lowest BCUT2D eigenvalue weighted by Crippen LogP contribution is -2.15. The van der Waals surface area contributed by atoms with Gasteiger partial charge in [-0.1, -0.05) is 12.1 Å². The number of fused-ring (bicyclic) bond motifs is 1. The Kier molecular flexibility index (Phi) is 5.65. The van der Waals surface area contributed by atoms with Crippen LogP contribution in [0.2, 0.25) is 0 Å². The summed E-state index contributed by atoms with van der Waals surface area (Å²) in [5.41, 5.74) is 4.33. The third kappa shape index (κ3) is 4.54. The molecule has 0 spiro atoms. The molecule has 1 aliphatic rings. The van der Waals surface area contributed by atoms with Crippen molar-refractivity contribution >= 4 is 34.2 Å². The van der Waals surface area contributed by atoms with E-state index in [2.05, 4.69) is 25.7 Å². The number of hydrogen-bond acceptors (Lipinski definition) is 6. The van der Waals surface area contributed by atoms with Crippen LogP contribution in [0.3, 0.4) is 0 Å². The molecular formula is C28H23N7O2. The molecule has 0 saturated heterocycles. The third-order valence-corrected chi connectivity index (χ3v) is 6.26. The maximum absolute atomic E-state index is 13.6. The Morgan fingerprint density at radius 2 is 1.65 bits per heavy atom. The van der Waals surface area contributed by atoms with Crippen LogP contribution in [0.15, 0.2) is 79.3 Å². The summed E-state index contributed by atoms with van der Waals surface area (Å²) in [6, 6.07) is 17.8. The van der Waals surface area contributed by atoms with Crippen LogP contribution in [0.25, 0.3) is 16.9 Å². The predicted molar refractivity (Wildman–Crippen MR) is 140 cm³/mol. The van der Waals surface area contributed by atoms with Gasteiger partial charge in [-0.25, -0.2) is 9.97 Å². The van der Waals surface area contributed by atoms with Gasteiger partial charge in [0, 0.05) is 47.1 Å². The third-order valence-electron chi connectivity index (χ3n) is 6.26. The molecule has 9 nitrogen and oxygen atoms in total. The van der Waals surface area contributed by atoms with Crippen molar-refractivity contribution < 1.29 is 9.59 Å². The van der Waals surface area contributed by atoms with Gasteiger partial charge in [0.15, 0.2) is 11.5 Å². The van der Waals surface area contributed by atoms with Crippen molar-refractivity contribution in [1.29, 1.82) is 0 Å². The highest BCUT2D eigenvalue weighted by Crippen LogP contribution is 2.40. The van der Waals surface area contributed by atoms with E-state index in [-0.39, 0.29) is 11.8 Å². The van der Waals surface area contributed by atoms with Gasteiger partial charge in [0.1, 0.15) is 0 Å². The lowest BCUT2D eigenvalue weighted by molar-refractivity contribution is 0.102. The van der Waals surface area contributed by atoms with E-state index in [1.807, 2.05) is 31.2 Å². The molecule has 0 atom stereocenters. The second kappa shape index (κ2) is 9.27. The van der Waals surface area contributed by atoms with E-state index in [9.17, 15) is 9.59 Å². The van der Waals surface area contributed by atoms with E-state index in [1.54, 1.807) is 59.7 Å². The van der Waals surface area contributed by atoms with Gasteiger partial charge in [-0.2, -0.15) is 9.78 Å². The molecule has 6 rings (SSSR count). The zero-order valence-corrected chi connectivity index (χ0v) is 20.0. The molecule has 1 saturated carbocycles. The minimum Gasteiger partial charge on any atom is -0.322 e. The zero-order valence-electron chi connectivity index (χ0n) is 20.0. The number of hydrogen-bond donors (Lipinski definition) is 2. The highest BCUT2D eigenvalue weighted by molar-refractivity contribution is 6.13. The quantitative estimate of drug-likeness (QED) is 0.351. The standard InChI is InChI=1S/C28H23N7O2/c1-17-25-22(16-23(18-8-9-18)33-26(25)35(34-17)24-7-2-3-12-30-24)28(37)32-21-6-4-5-20(15-21)31-27(36)19-10-13-29-14-11-19/h2-7,10-16,18H,8-9H2,1H3,(H,31,36)(H,32,37). The van der Waals surface area contributed by atoms with Gasteiger partial charge in [-0.15, -0.1) is 0 Å². The van der Waals surface area contributed by atoms with E-state index in [0.717, 1.165) is 18.5 Å². The predicted octanol–water partition coefficient (Wildman–Crippen LogP) is 4.90. The van der Waals surface area contributed by atoms with Crippen LogP contribution in [-0.2, 0) is 0 Å². The summed E-state index contributed by atoms with van der Waals surface area (Å²) in [6.07, 6.45) is 6.94. The van der Waals surface area contributed by atoms with Gasteiger partial charge in [-0.05, 0) is 68.3 Å². The number of aryl methyl sites for hydroxylation is 1. The zero-order chi connectivity index (χ0) is 25.4. The van der Waals surface area contributed by atoms with Crippen LogP contribution in [0.5, 0.6) is 0 Å². The molecular weight excluding hydrogens is 466 g/mol. The molecule has 1 aliphatic carbocycles. The van der Waals surface area contributed by atoms with Gasteiger partial charge in [0.2, 0.25) is 0 Å².